The summed E-state index contributed by atoms with van der Waals surface area (Å²) in [5.74, 6) is -0.0856. The van der Waals surface area contributed by atoms with Gasteiger partial charge in [-0.3, -0.25) is 4.79 Å². The Kier molecular flexibility index (Phi) is 4.40. The number of thiophene rings is 1. The van der Waals surface area contributed by atoms with Crippen molar-refractivity contribution < 1.29 is 18.7 Å². The van der Waals surface area contributed by atoms with E-state index in [2.05, 4.69) is 5.32 Å². The van der Waals surface area contributed by atoms with Gasteiger partial charge in [0.1, 0.15) is 18.0 Å². The van der Waals surface area contributed by atoms with Crippen LogP contribution < -0.4 is 5.32 Å². The highest BCUT2D eigenvalue weighted by Gasteiger charge is 2.19. The lowest BCUT2D eigenvalue weighted by Crippen LogP contribution is -2.28. The highest BCUT2D eigenvalue weighted by atomic mass is 35.5. The fourth-order valence-electron chi connectivity index (χ4n) is 2.25. The molecule has 0 aliphatic carbocycles. The number of esters is 1. The number of nitrogens with zero attached hydrogens (tertiary/aromatic N) is 1. The Morgan fingerprint density at radius 3 is 2.96 bits per heavy atom. The van der Waals surface area contributed by atoms with Crippen molar-refractivity contribution in [3.8, 4) is 0 Å². The Morgan fingerprint density at radius 1 is 1.43 bits per heavy atom. The zero-order chi connectivity index (χ0) is 16.4. The molecule has 3 aromatic rings. The fourth-order valence-corrected chi connectivity index (χ4v) is 3.43. The van der Waals surface area contributed by atoms with Crippen LogP contribution in [0.15, 0.2) is 34.9 Å². The zero-order valence-corrected chi connectivity index (χ0v) is 13.7. The van der Waals surface area contributed by atoms with E-state index in [-0.39, 0.29) is 19.0 Å². The van der Waals surface area contributed by atoms with Gasteiger partial charge in [0, 0.05) is 0 Å². The van der Waals surface area contributed by atoms with Crippen molar-refractivity contribution in [3.05, 3.63) is 46.3 Å². The number of rotatable bonds is 5. The molecule has 0 atom stereocenters. The van der Waals surface area contributed by atoms with E-state index in [0.29, 0.717) is 15.8 Å². The molecule has 3 aromatic heterocycles. The minimum Gasteiger partial charge on any atom is -0.467 e. The van der Waals surface area contributed by atoms with Crippen LogP contribution in [0.5, 0.6) is 0 Å². The first-order chi connectivity index (χ1) is 11.1. The Morgan fingerprint density at radius 2 is 2.26 bits per heavy atom. The number of fused-ring (bicyclic) bond motifs is 1. The predicted molar refractivity (Wildman–Crippen MR) is 86.7 cm³/mol. The third-order valence-electron chi connectivity index (χ3n) is 3.30. The highest BCUT2D eigenvalue weighted by Crippen LogP contribution is 2.32. The molecule has 1 N–H and O–H groups in total. The van der Waals surface area contributed by atoms with Crippen LogP contribution in [0.25, 0.3) is 10.2 Å². The maximum absolute atomic E-state index is 12.2. The second-order valence-electron chi connectivity index (χ2n) is 4.76. The maximum atomic E-state index is 12.2. The average molecular weight is 353 g/mol. The second kappa shape index (κ2) is 6.47. The number of hydrogen-bond acceptors (Lipinski definition) is 5. The summed E-state index contributed by atoms with van der Waals surface area (Å²) in [7, 11) is 1.30. The smallest absolute Gasteiger partial charge is 0.354 e. The molecule has 1 amide bonds. The summed E-state index contributed by atoms with van der Waals surface area (Å²) in [6.45, 7) is 0.274. The van der Waals surface area contributed by atoms with Gasteiger partial charge in [0.25, 0.3) is 0 Å². The number of carbonyl (C=O) groups is 2. The van der Waals surface area contributed by atoms with Crippen molar-refractivity contribution in [3.63, 3.8) is 0 Å². The topological polar surface area (TPSA) is 73.5 Å². The van der Waals surface area contributed by atoms with E-state index in [9.17, 15) is 9.59 Å². The lowest BCUT2D eigenvalue weighted by atomic mass is 10.4. The van der Waals surface area contributed by atoms with Crippen molar-refractivity contribution >= 4 is 45.0 Å². The molecular weight excluding hydrogens is 340 g/mol. The van der Waals surface area contributed by atoms with Gasteiger partial charge in [-0.15, -0.1) is 11.3 Å². The van der Waals surface area contributed by atoms with Gasteiger partial charge in [0.05, 0.1) is 34.5 Å². The van der Waals surface area contributed by atoms with Crippen LogP contribution >= 0.6 is 22.9 Å². The van der Waals surface area contributed by atoms with Gasteiger partial charge in [-0.25, -0.2) is 4.79 Å². The summed E-state index contributed by atoms with van der Waals surface area (Å²) in [6, 6.07) is 6.93. The average Bonchev–Trinajstić information content (AvgIpc) is 3.22. The van der Waals surface area contributed by atoms with Crippen molar-refractivity contribution in [2.24, 2.45) is 0 Å². The molecule has 6 nitrogen and oxygen atoms in total. The van der Waals surface area contributed by atoms with Gasteiger partial charge < -0.3 is 19.0 Å². The first-order valence-corrected chi connectivity index (χ1v) is 7.94. The Hall–Kier alpha value is -2.25. The van der Waals surface area contributed by atoms with E-state index in [4.69, 9.17) is 20.8 Å². The normalized spacial score (nSPS) is 10.9. The Bertz CT molecular complexity index is 850. The molecule has 0 aliphatic heterocycles. The van der Waals surface area contributed by atoms with Crippen molar-refractivity contribution in [1.29, 1.82) is 0 Å². The van der Waals surface area contributed by atoms with E-state index in [1.807, 2.05) is 0 Å². The third kappa shape index (κ3) is 3.25. The van der Waals surface area contributed by atoms with E-state index < -0.39 is 5.97 Å². The molecule has 3 heterocycles. The van der Waals surface area contributed by atoms with E-state index >= 15 is 0 Å². The summed E-state index contributed by atoms with van der Waals surface area (Å²) < 4.78 is 13.0. The lowest BCUT2D eigenvalue weighted by molar-refractivity contribution is -0.121. The number of methoxy groups -OCH3 is 1. The van der Waals surface area contributed by atoms with Gasteiger partial charge in [-0.05, 0) is 24.3 Å². The van der Waals surface area contributed by atoms with E-state index in [1.54, 1.807) is 35.1 Å². The summed E-state index contributed by atoms with van der Waals surface area (Å²) in [5.41, 5.74) is 1.05. The SMILES string of the molecule is COC(=O)c1cc2sc(Cl)cc2n1CC(=O)NCc1ccco1. The largest absolute Gasteiger partial charge is 0.467 e. The molecule has 0 aromatic carbocycles. The molecule has 8 heteroatoms. The number of aromatic nitrogens is 1. The quantitative estimate of drug-likeness (QED) is 0.716. The summed E-state index contributed by atoms with van der Waals surface area (Å²) in [5, 5.41) is 2.74. The van der Waals surface area contributed by atoms with Gasteiger partial charge in [-0.1, -0.05) is 11.6 Å². The molecule has 0 spiro atoms. The second-order valence-corrected chi connectivity index (χ2v) is 6.48. The molecule has 23 heavy (non-hydrogen) atoms. The maximum Gasteiger partial charge on any atom is 0.354 e. The van der Waals surface area contributed by atoms with Crippen LogP contribution in [0.3, 0.4) is 0 Å². The molecule has 0 fully saturated rings. The number of ether oxygens (including phenoxy) is 1. The lowest BCUT2D eigenvalue weighted by Gasteiger charge is -2.09. The minimum atomic E-state index is -0.497. The molecule has 0 unspecified atom stereocenters. The summed E-state index contributed by atoms with van der Waals surface area (Å²) >= 11 is 7.35. The van der Waals surface area contributed by atoms with Crippen molar-refractivity contribution in [2.75, 3.05) is 7.11 Å². The molecule has 120 valence electrons. The highest BCUT2D eigenvalue weighted by molar-refractivity contribution is 7.22. The van der Waals surface area contributed by atoms with Crippen LogP contribution in [-0.2, 0) is 22.6 Å². The number of halogens is 1. The van der Waals surface area contributed by atoms with Gasteiger partial charge >= 0.3 is 5.97 Å². The van der Waals surface area contributed by atoms with Crippen LogP contribution in [-0.4, -0.2) is 23.6 Å². The number of amides is 1. The molecule has 0 saturated carbocycles. The molecule has 0 radical (unpaired) electrons. The molecule has 0 saturated heterocycles. The monoisotopic (exact) mass is 352 g/mol. The van der Waals surface area contributed by atoms with Gasteiger partial charge in [0.15, 0.2) is 0 Å². The zero-order valence-electron chi connectivity index (χ0n) is 12.2. The summed E-state index contributed by atoms with van der Waals surface area (Å²) in [4.78, 5) is 24.1. The minimum absolute atomic E-state index is 0.0122. The number of furan rings is 1. The molecule has 0 bridgehead atoms. The van der Waals surface area contributed by atoms with E-state index in [1.165, 1.54) is 18.4 Å². The van der Waals surface area contributed by atoms with Gasteiger partial charge in [0.2, 0.25) is 5.91 Å². The number of hydrogen-bond donors (Lipinski definition) is 1. The van der Waals surface area contributed by atoms with E-state index in [0.717, 1.165) is 10.2 Å². The fraction of sp³-hybridized carbons (Fsp3) is 0.200. The van der Waals surface area contributed by atoms with Crippen LogP contribution in [0, 0.1) is 0 Å². The standard InChI is InChI=1S/C15H13ClN2O4S/c1-21-15(20)11-5-12-10(6-13(16)23-12)18(11)8-14(19)17-7-9-3-2-4-22-9/h2-6H,7-8H2,1H3,(H,17,19). The van der Waals surface area contributed by atoms with Crippen molar-refractivity contribution in [1.82, 2.24) is 9.88 Å². The molecule has 3 rings (SSSR count). The van der Waals surface area contributed by atoms with Crippen LogP contribution in [0.1, 0.15) is 16.2 Å². The van der Waals surface area contributed by atoms with Crippen molar-refractivity contribution in [2.45, 2.75) is 13.1 Å². The third-order valence-corrected chi connectivity index (χ3v) is 4.50. The molecule has 0 aliphatic rings. The number of nitrogens with one attached hydrogen (secondary N) is 1. The van der Waals surface area contributed by atoms with Gasteiger partial charge in [-0.2, -0.15) is 0 Å². The summed E-state index contributed by atoms with van der Waals surface area (Å²) in [6.07, 6.45) is 1.54. The first-order valence-electron chi connectivity index (χ1n) is 6.74. The number of carbonyl (C=O) groups excluding carboxylic acids is 2. The first kappa shape index (κ1) is 15.6. The van der Waals surface area contributed by atoms with Crippen LogP contribution in [0.4, 0.5) is 0 Å². The molecular formula is C15H13ClN2O4S. The predicted octanol–water partition coefficient (Wildman–Crippen LogP) is 3.05. The Balaban J connectivity index is 1.82. The van der Waals surface area contributed by atoms with Crippen LogP contribution in [0.2, 0.25) is 4.34 Å². The Labute approximate surface area is 140 Å².